The van der Waals surface area contributed by atoms with E-state index < -0.39 is 0 Å². The summed E-state index contributed by atoms with van der Waals surface area (Å²) in [6.45, 7) is 0. The molecule has 136 valence electrons. The van der Waals surface area contributed by atoms with Crippen LogP contribution in [0.25, 0.3) is 16.1 Å². The van der Waals surface area contributed by atoms with Crippen molar-refractivity contribution in [2.75, 3.05) is 11.1 Å². The molecular formula is C21H21N5S. The molecule has 0 bridgehead atoms. The predicted molar refractivity (Wildman–Crippen MR) is 111 cm³/mol. The zero-order chi connectivity index (χ0) is 18.2. The summed E-state index contributed by atoms with van der Waals surface area (Å²) in [7, 11) is 0. The van der Waals surface area contributed by atoms with Gasteiger partial charge in [0.25, 0.3) is 0 Å². The van der Waals surface area contributed by atoms with Gasteiger partial charge in [-0.15, -0.1) is 10.2 Å². The van der Waals surface area contributed by atoms with E-state index >= 15 is 0 Å². The highest BCUT2D eigenvalue weighted by atomic mass is 32.1. The number of anilines is 2. The summed E-state index contributed by atoms with van der Waals surface area (Å²) < 4.78 is 0. The Morgan fingerprint density at radius 2 is 1.96 bits per heavy atom. The molecule has 0 unspecified atom stereocenters. The molecule has 3 N–H and O–H groups in total. The monoisotopic (exact) mass is 375 g/mol. The van der Waals surface area contributed by atoms with Crippen LogP contribution in [0.2, 0.25) is 0 Å². The Morgan fingerprint density at radius 1 is 1.07 bits per heavy atom. The lowest BCUT2D eigenvalue weighted by Gasteiger charge is -2.14. The van der Waals surface area contributed by atoms with Crippen LogP contribution in [0.4, 0.5) is 10.9 Å². The van der Waals surface area contributed by atoms with Crippen molar-refractivity contribution in [2.24, 2.45) is 0 Å². The van der Waals surface area contributed by atoms with E-state index in [1.165, 1.54) is 53.7 Å². The molecule has 27 heavy (non-hydrogen) atoms. The molecule has 2 aliphatic carbocycles. The Kier molecular flexibility index (Phi) is 4.13. The normalized spacial score (nSPS) is 16.4. The molecule has 0 radical (unpaired) electrons. The lowest BCUT2D eigenvalue weighted by Crippen LogP contribution is -2.15. The van der Waals surface area contributed by atoms with Crippen molar-refractivity contribution >= 4 is 27.9 Å². The number of nitrogens with zero attached hydrogens (tertiary/aromatic N) is 3. The Balaban J connectivity index is 1.46. The Hall–Kier alpha value is -2.73. The van der Waals surface area contributed by atoms with E-state index in [1.54, 1.807) is 0 Å². The molecule has 0 spiro atoms. The van der Waals surface area contributed by atoms with Gasteiger partial charge in [-0.25, -0.2) is 4.98 Å². The van der Waals surface area contributed by atoms with Gasteiger partial charge >= 0.3 is 0 Å². The topological polar surface area (TPSA) is 76.7 Å². The summed E-state index contributed by atoms with van der Waals surface area (Å²) in [5, 5.41) is 13.1. The molecule has 6 heteroatoms. The van der Waals surface area contributed by atoms with E-state index in [1.807, 2.05) is 0 Å². The number of allylic oxidation sites excluding steroid dienone is 1. The van der Waals surface area contributed by atoms with Gasteiger partial charge in [0.2, 0.25) is 5.13 Å². The van der Waals surface area contributed by atoms with Gasteiger partial charge in [-0.3, -0.25) is 0 Å². The van der Waals surface area contributed by atoms with Crippen molar-refractivity contribution in [1.82, 2.24) is 15.2 Å². The minimum Gasteiger partial charge on any atom is -0.374 e. The zero-order valence-corrected chi connectivity index (χ0v) is 15.8. The third-order valence-electron chi connectivity index (χ3n) is 5.35. The molecule has 2 aromatic heterocycles. The summed E-state index contributed by atoms with van der Waals surface area (Å²) in [5.41, 5.74) is 11.6. The van der Waals surface area contributed by atoms with Crippen LogP contribution < -0.4 is 11.1 Å². The maximum atomic E-state index is 5.75. The van der Waals surface area contributed by atoms with Crippen LogP contribution in [-0.4, -0.2) is 21.2 Å². The molecule has 2 heterocycles. The van der Waals surface area contributed by atoms with Crippen LogP contribution >= 0.6 is 11.3 Å². The van der Waals surface area contributed by atoms with Gasteiger partial charge in [0.1, 0.15) is 10.8 Å². The number of rotatable bonds is 4. The van der Waals surface area contributed by atoms with Gasteiger partial charge < -0.3 is 11.1 Å². The van der Waals surface area contributed by atoms with E-state index in [0.717, 1.165) is 28.5 Å². The smallest absolute Gasteiger partial charge is 0.203 e. The molecule has 1 aromatic carbocycles. The molecule has 0 atom stereocenters. The molecular weight excluding hydrogens is 354 g/mol. The first-order valence-corrected chi connectivity index (χ1v) is 10.2. The summed E-state index contributed by atoms with van der Waals surface area (Å²) in [5.74, 6) is 0.974. The molecule has 2 aliphatic rings. The maximum Gasteiger partial charge on any atom is 0.203 e. The third-order valence-corrected chi connectivity index (χ3v) is 6.15. The standard InChI is InChI=1S/C21H21N5S/c22-21-26-25-20(27-21)14-9-8-13-10-11-16(17(13)12-14)18-6-3-7-19(24-18)23-15-4-1-2-5-15/h3,6-9,11-12,15H,1-2,4-5,10H2,(H2,22,26)(H,23,24). The fraction of sp³-hybridized carbons (Fsp3) is 0.286. The van der Waals surface area contributed by atoms with Crippen molar-refractivity contribution in [1.29, 1.82) is 0 Å². The van der Waals surface area contributed by atoms with Crippen LogP contribution in [0.5, 0.6) is 0 Å². The minimum absolute atomic E-state index is 0.494. The van der Waals surface area contributed by atoms with Gasteiger partial charge in [0.05, 0.1) is 5.69 Å². The summed E-state index contributed by atoms with van der Waals surface area (Å²) in [6.07, 6.45) is 8.32. The van der Waals surface area contributed by atoms with E-state index in [4.69, 9.17) is 10.7 Å². The quantitative estimate of drug-likeness (QED) is 0.701. The predicted octanol–water partition coefficient (Wildman–Crippen LogP) is 4.52. The number of nitrogens with one attached hydrogen (secondary N) is 1. The van der Waals surface area contributed by atoms with E-state index in [-0.39, 0.29) is 0 Å². The number of fused-ring (bicyclic) bond motifs is 1. The number of pyridine rings is 1. The average molecular weight is 376 g/mol. The van der Waals surface area contributed by atoms with E-state index in [2.05, 4.69) is 58.0 Å². The molecule has 5 nitrogen and oxygen atoms in total. The molecule has 0 aliphatic heterocycles. The highest BCUT2D eigenvalue weighted by Crippen LogP contribution is 2.36. The molecule has 0 saturated heterocycles. The van der Waals surface area contributed by atoms with Crippen LogP contribution in [0.3, 0.4) is 0 Å². The van der Waals surface area contributed by atoms with Crippen LogP contribution in [-0.2, 0) is 6.42 Å². The van der Waals surface area contributed by atoms with Crippen molar-refractivity contribution in [3.63, 3.8) is 0 Å². The van der Waals surface area contributed by atoms with Gasteiger partial charge in [-0.05, 0) is 48.6 Å². The van der Waals surface area contributed by atoms with E-state index in [0.29, 0.717) is 11.2 Å². The van der Waals surface area contributed by atoms with Crippen molar-refractivity contribution in [3.05, 3.63) is 59.3 Å². The van der Waals surface area contributed by atoms with Crippen molar-refractivity contribution in [3.8, 4) is 10.6 Å². The van der Waals surface area contributed by atoms with Gasteiger partial charge in [0, 0.05) is 17.2 Å². The largest absolute Gasteiger partial charge is 0.374 e. The van der Waals surface area contributed by atoms with Crippen LogP contribution in [0.1, 0.15) is 42.5 Å². The van der Waals surface area contributed by atoms with E-state index in [9.17, 15) is 0 Å². The summed E-state index contributed by atoms with van der Waals surface area (Å²) in [6, 6.07) is 13.3. The van der Waals surface area contributed by atoms with Gasteiger partial charge in [-0.2, -0.15) is 0 Å². The first-order chi connectivity index (χ1) is 13.3. The fourth-order valence-corrected chi connectivity index (χ4v) is 4.60. The fourth-order valence-electron chi connectivity index (χ4n) is 4.00. The number of hydrogen-bond acceptors (Lipinski definition) is 6. The highest BCUT2D eigenvalue weighted by Gasteiger charge is 2.20. The minimum atomic E-state index is 0.494. The second-order valence-corrected chi connectivity index (χ2v) is 8.18. The SMILES string of the molecule is Nc1nnc(-c2ccc3c(c2)C(c2cccc(NC4CCCC4)n2)=CC3)s1. The molecule has 1 fully saturated rings. The molecule has 3 aromatic rings. The number of hydrogen-bond donors (Lipinski definition) is 2. The van der Waals surface area contributed by atoms with Crippen molar-refractivity contribution < 1.29 is 0 Å². The number of nitrogen functional groups attached to an aromatic ring is 1. The Bertz CT molecular complexity index is 1020. The Morgan fingerprint density at radius 3 is 2.78 bits per heavy atom. The Labute approximate surface area is 162 Å². The third kappa shape index (κ3) is 3.21. The summed E-state index contributed by atoms with van der Waals surface area (Å²) >= 11 is 1.41. The first-order valence-electron chi connectivity index (χ1n) is 9.43. The van der Waals surface area contributed by atoms with Crippen molar-refractivity contribution in [2.45, 2.75) is 38.1 Å². The van der Waals surface area contributed by atoms with Gasteiger partial charge in [0.15, 0.2) is 0 Å². The molecule has 5 rings (SSSR count). The second kappa shape index (κ2) is 6.78. The number of aromatic nitrogens is 3. The summed E-state index contributed by atoms with van der Waals surface area (Å²) in [4.78, 5) is 4.90. The van der Waals surface area contributed by atoms with Gasteiger partial charge in [-0.1, -0.05) is 48.5 Å². The zero-order valence-electron chi connectivity index (χ0n) is 15.0. The first kappa shape index (κ1) is 16.4. The lowest BCUT2D eigenvalue weighted by molar-refractivity contribution is 0.750. The number of nitrogens with two attached hydrogens (primary N) is 1. The maximum absolute atomic E-state index is 5.75. The van der Waals surface area contributed by atoms with Crippen LogP contribution in [0, 0.1) is 0 Å². The second-order valence-electron chi connectivity index (χ2n) is 7.17. The average Bonchev–Trinajstić information content (AvgIpc) is 3.42. The highest BCUT2D eigenvalue weighted by molar-refractivity contribution is 7.18. The molecule has 1 saturated carbocycles. The molecule has 0 amide bonds. The number of benzene rings is 1. The lowest BCUT2D eigenvalue weighted by atomic mass is 10.0. The van der Waals surface area contributed by atoms with Crippen LogP contribution in [0.15, 0.2) is 42.5 Å².